The molecule has 2 aromatic rings. The average molecular weight is 341 g/mol. The molecule has 118 valence electrons. The van der Waals surface area contributed by atoms with E-state index in [2.05, 4.69) is 0 Å². The van der Waals surface area contributed by atoms with Gasteiger partial charge < -0.3 is 4.90 Å². The smallest absolute Gasteiger partial charge is 0.0602 e. The SMILES string of the molecule is Cl.[2H]C1([2H])CN(C)CC([2H])([2H])N1C(c1ccccc1)c1ccc(Cl)cc1. The average Bonchev–Trinajstić information content (AvgIpc) is 2.51. The molecule has 0 amide bonds. The van der Waals surface area contributed by atoms with Crippen LogP contribution in [-0.4, -0.2) is 42.9 Å². The van der Waals surface area contributed by atoms with Crippen molar-refractivity contribution in [2.75, 3.05) is 33.1 Å². The van der Waals surface area contributed by atoms with Crippen molar-refractivity contribution in [2.24, 2.45) is 0 Å². The molecule has 22 heavy (non-hydrogen) atoms. The van der Waals surface area contributed by atoms with Crippen molar-refractivity contribution in [3.63, 3.8) is 0 Å². The fourth-order valence-corrected chi connectivity index (χ4v) is 2.59. The van der Waals surface area contributed by atoms with Gasteiger partial charge in [-0.3, -0.25) is 4.90 Å². The minimum Gasteiger partial charge on any atom is -0.304 e. The largest absolute Gasteiger partial charge is 0.304 e. The summed E-state index contributed by atoms with van der Waals surface area (Å²) >= 11 is 6.01. The van der Waals surface area contributed by atoms with Crippen LogP contribution in [0, 0.1) is 0 Å². The first kappa shape index (κ1) is 12.4. The van der Waals surface area contributed by atoms with E-state index in [0.717, 1.165) is 11.1 Å². The van der Waals surface area contributed by atoms with Crippen molar-refractivity contribution in [2.45, 2.75) is 6.04 Å². The summed E-state index contributed by atoms with van der Waals surface area (Å²) in [6, 6.07) is 16.1. The van der Waals surface area contributed by atoms with Crippen LogP contribution in [0.15, 0.2) is 54.6 Å². The Labute approximate surface area is 149 Å². The van der Waals surface area contributed by atoms with E-state index in [9.17, 15) is 0 Å². The molecule has 1 aliphatic heterocycles. The molecule has 0 aromatic heterocycles. The second-order valence-corrected chi connectivity index (χ2v) is 5.66. The first-order valence-electron chi connectivity index (χ1n) is 8.99. The van der Waals surface area contributed by atoms with E-state index in [0.29, 0.717) is 5.02 Å². The monoisotopic (exact) mass is 340 g/mol. The Bertz CT molecular complexity index is 708. The number of likely N-dealkylation sites (N-methyl/N-ethyl adjacent to an activating group) is 1. The van der Waals surface area contributed by atoms with Crippen LogP contribution in [0.1, 0.15) is 22.7 Å². The quantitative estimate of drug-likeness (QED) is 0.829. The number of rotatable bonds is 3. The molecule has 0 saturated carbocycles. The van der Waals surface area contributed by atoms with E-state index in [1.807, 2.05) is 42.5 Å². The Kier molecular flexibility index (Phi) is 4.49. The van der Waals surface area contributed by atoms with Crippen LogP contribution >= 0.6 is 24.0 Å². The van der Waals surface area contributed by atoms with Gasteiger partial charge in [0.25, 0.3) is 0 Å². The zero-order valence-corrected chi connectivity index (χ0v) is 13.9. The summed E-state index contributed by atoms with van der Waals surface area (Å²) in [6.07, 6.45) is 0. The number of piperazine rings is 1. The molecular formula is C18H22Cl2N2. The molecule has 2 aromatic carbocycles. The molecular weight excluding hydrogens is 315 g/mol. The molecule has 0 N–H and O–H groups in total. The van der Waals surface area contributed by atoms with E-state index in [4.69, 9.17) is 17.1 Å². The van der Waals surface area contributed by atoms with Gasteiger partial charge in [0.2, 0.25) is 0 Å². The maximum absolute atomic E-state index is 8.53. The highest BCUT2D eigenvalue weighted by Gasteiger charge is 2.25. The Balaban J connectivity index is 0.00000243. The highest BCUT2D eigenvalue weighted by molar-refractivity contribution is 6.30. The Morgan fingerprint density at radius 1 is 0.955 bits per heavy atom. The van der Waals surface area contributed by atoms with Crippen LogP contribution in [0.3, 0.4) is 0 Å². The lowest BCUT2D eigenvalue weighted by Gasteiger charge is -2.38. The van der Waals surface area contributed by atoms with Crippen LogP contribution < -0.4 is 0 Å². The summed E-state index contributed by atoms with van der Waals surface area (Å²) in [7, 11) is 1.74. The minimum atomic E-state index is -1.82. The van der Waals surface area contributed by atoms with Gasteiger partial charge in [-0.25, -0.2) is 0 Å². The van der Waals surface area contributed by atoms with Crippen LogP contribution in [0.5, 0.6) is 0 Å². The first-order valence-corrected chi connectivity index (χ1v) is 7.37. The molecule has 1 heterocycles. The number of hydrogen-bond donors (Lipinski definition) is 0. The van der Waals surface area contributed by atoms with Crippen LogP contribution in [-0.2, 0) is 0 Å². The third kappa shape index (κ3) is 4.02. The highest BCUT2D eigenvalue weighted by atomic mass is 35.5. The first-order chi connectivity index (χ1) is 11.7. The lowest BCUT2D eigenvalue weighted by Crippen LogP contribution is -2.46. The van der Waals surface area contributed by atoms with Crippen molar-refractivity contribution < 1.29 is 5.48 Å². The van der Waals surface area contributed by atoms with Gasteiger partial charge in [0.05, 0.1) is 6.04 Å². The van der Waals surface area contributed by atoms with Crippen LogP contribution in [0.25, 0.3) is 0 Å². The minimum absolute atomic E-state index is 0. The Hall–Kier alpha value is -1.06. The summed E-state index contributed by atoms with van der Waals surface area (Å²) in [4.78, 5) is 3.05. The van der Waals surface area contributed by atoms with E-state index < -0.39 is 19.0 Å². The van der Waals surface area contributed by atoms with E-state index >= 15 is 0 Å². The standard InChI is InChI=1S/C18H21ClN2.ClH/c1-20-11-13-21(14-12-20)18(15-5-3-2-4-6-15)16-7-9-17(19)10-8-16;/h2-10,18H,11-14H2,1H3;1H/i13D2,14D2;. The summed E-state index contributed by atoms with van der Waals surface area (Å²) in [6.45, 7) is -3.36. The second-order valence-electron chi connectivity index (χ2n) is 5.22. The molecule has 3 rings (SSSR count). The third-order valence-corrected chi connectivity index (χ3v) is 3.83. The second kappa shape index (κ2) is 7.98. The number of nitrogens with zero attached hydrogens (tertiary/aromatic N) is 2. The third-order valence-electron chi connectivity index (χ3n) is 3.58. The van der Waals surface area contributed by atoms with Crippen LogP contribution in [0.2, 0.25) is 5.02 Å². The Morgan fingerprint density at radius 3 is 2.09 bits per heavy atom. The normalized spacial score (nSPS) is 25.0. The van der Waals surface area contributed by atoms with Crippen molar-refractivity contribution in [1.29, 1.82) is 0 Å². The van der Waals surface area contributed by atoms with Crippen LogP contribution in [0.4, 0.5) is 0 Å². The topological polar surface area (TPSA) is 6.48 Å². The number of halogens is 2. The molecule has 0 bridgehead atoms. The fourth-order valence-electron chi connectivity index (χ4n) is 2.46. The van der Waals surface area contributed by atoms with Gasteiger partial charge in [-0.2, -0.15) is 0 Å². The van der Waals surface area contributed by atoms with Gasteiger partial charge in [0.15, 0.2) is 0 Å². The molecule has 1 aliphatic rings. The van der Waals surface area contributed by atoms with Gasteiger partial charge in [-0.05, 0) is 30.3 Å². The lowest BCUT2D eigenvalue weighted by atomic mass is 9.96. The van der Waals surface area contributed by atoms with Gasteiger partial charge in [0.1, 0.15) is 0 Å². The molecule has 1 fully saturated rings. The molecule has 4 heteroatoms. The fraction of sp³-hybridized carbons (Fsp3) is 0.333. The van der Waals surface area contributed by atoms with Crippen molar-refractivity contribution >= 4 is 24.0 Å². The zero-order valence-electron chi connectivity index (χ0n) is 16.4. The van der Waals surface area contributed by atoms with E-state index in [1.54, 1.807) is 24.1 Å². The summed E-state index contributed by atoms with van der Waals surface area (Å²) in [5.74, 6) is 0. The van der Waals surface area contributed by atoms with Crippen molar-refractivity contribution in [1.82, 2.24) is 9.80 Å². The Morgan fingerprint density at radius 2 is 1.50 bits per heavy atom. The zero-order chi connectivity index (χ0) is 18.2. The predicted octanol–water partition coefficient (Wildman–Crippen LogP) is 4.10. The maximum atomic E-state index is 8.53. The van der Waals surface area contributed by atoms with E-state index in [1.165, 1.54) is 4.90 Å². The maximum Gasteiger partial charge on any atom is 0.0602 e. The van der Waals surface area contributed by atoms with Gasteiger partial charge in [0, 0.05) is 36.6 Å². The van der Waals surface area contributed by atoms with Gasteiger partial charge in [-0.15, -0.1) is 12.4 Å². The number of hydrogen-bond acceptors (Lipinski definition) is 2. The summed E-state index contributed by atoms with van der Waals surface area (Å²) in [5, 5.41) is 0.597. The molecule has 1 unspecified atom stereocenters. The van der Waals surface area contributed by atoms with Gasteiger partial charge in [-0.1, -0.05) is 54.1 Å². The lowest BCUT2D eigenvalue weighted by molar-refractivity contribution is 0.127. The molecule has 0 aliphatic carbocycles. The predicted molar refractivity (Wildman–Crippen MR) is 96.1 cm³/mol. The van der Waals surface area contributed by atoms with Crippen molar-refractivity contribution in [3.05, 3.63) is 70.7 Å². The highest BCUT2D eigenvalue weighted by Crippen LogP contribution is 2.30. The summed E-state index contributed by atoms with van der Waals surface area (Å²) < 4.78 is 34.1. The summed E-state index contributed by atoms with van der Waals surface area (Å²) in [5.41, 5.74) is 1.66. The molecule has 1 atom stereocenters. The van der Waals surface area contributed by atoms with Gasteiger partial charge >= 0.3 is 0 Å². The van der Waals surface area contributed by atoms with Crippen molar-refractivity contribution in [3.8, 4) is 0 Å². The van der Waals surface area contributed by atoms with E-state index in [-0.39, 0.29) is 25.5 Å². The molecule has 1 saturated heterocycles. The molecule has 0 radical (unpaired) electrons. The molecule has 0 spiro atoms. The number of benzene rings is 2. The molecule has 2 nitrogen and oxygen atoms in total.